The zero-order chi connectivity index (χ0) is 12.5. The molecule has 0 saturated carbocycles. The van der Waals surface area contributed by atoms with E-state index in [4.69, 9.17) is 17.3 Å². The molecule has 1 saturated heterocycles. The van der Waals surface area contributed by atoms with Crippen LogP contribution in [-0.4, -0.2) is 19.0 Å². The summed E-state index contributed by atoms with van der Waals surface area (Å²) in [4.78, 5) is 1.90. The molecule has 2 nitrogen and oxygen atoms in total. The Morgan fingerprint density at radius 3 is 2.47 bits per heavy atom. The molecule has 1 heterocycles. The van der Waals surface area contributed by atoms with E-state index in [1.165, 1.54) is 0 Å². The van der Waals surface area contributed by atoms with Crippen LogP contribution < -0.4 is 10.6 Å². The summed E-state index contributed by atoms with van der Waals surface area (Å²) >= 11 is 6.13. The van der Waals surface area contributed by atoms with Crippen molar-refractivity contribution in [1.82, 2.24) is 0 Å². The van der Waals surface area contributed by atoms with Crippen molar-refractivity contribution in [2.24, 2.45) is 5.73 Å². The number of anilines is 1. The van der Waals surface area contributed by atoms with Gasteiger partial charge in [0, 0.05) is 32.5 Å². The van der Waals surface area contributed by atoms with Crippen molar-refractivity contribution in [1.29, 1.82) is 0 Å². The molecule has 1 aliphatic rings. The number of halogens is 3. The van der Waals surface area contributed by atoms with Gasteiger partial charge in [0.25, 0.3) is 5.92 Å². The number of nitrogens with zero attached hydrogens (tertiary/aromatic N) is 1. The minimum Gasteiger partial charge on any atom is -0.370 e. The lowest BCUT2D eigenvalue weighted by atomic mass is 10.1. The Morgan fingerprint density at radius 1 is 1.29 bits per heavy atom. The van der Waals surface area contributed by atoms with Gasteiger partial charge in [-0.15, -0.1) is 0 Å². The topological polar surface area (TPSA) is 29.3 Å². The molecule has 2 N–H and O–H groups in total. The molecule has 0 unspecified atom stereocenters. The third-order valence-corrected chi connectivity index (χ3v) is 3.39. The molecule has 0 radical (unpaired) electrons. The van der Waals surface area contributed by atoms with Gasteiger partial charge >= 0.3 is 0 Å². The Morgan fingerprint density at radius 2 is 1.94 bits per heavy atom. The highest BCUT2D eigenvalue weighted by molar-refractivity contribution is 6.33. The number of piperidine rings is 1. The summed E-state index contributed by atoms with van der Waals surface area (Å²) in [7, 11) is 0. The van der Waals surface area contributed by atoms with E-state index in [0.717, 1.165) is 11.3 Å². The van der Waals surface area contributed by atoms with E-state index in [2.05, 4.69) is 0 Å². The Bertz CT molecular complexity index is 399. The SMILES string of the molecule is NCc1ccc(N2CCC(F)(F)CC2)c(Cl)c1. The number of hydrogen-bond donors (Lipinski definition) is 1. The average Bonchev–Trinajstić information content (AvgIpc) is 2.29. The number of alkyl halides is 2. The standard InChI is InChI=1S/C12H15ClF2N2/c13-10-7-9(8-16)1-2-11(10)17-5-3-12(14,15)4-6-17/h1-2,7H,3-6,8,16H2. The fourth-order valence-electron chi connectivity index (χ4n) is 2.01. The highest BCUT2D eigenvalue weighted by Crippen LogP contribution is 2.33. The van der Waals surface area contributed by atoms with Gasteiger partial charge < -0.3 is 10.6 Å². The van der Waals surface area contributed by atoms with Crippen LogP contribution in [0, 0.1) is 0 Å². The fraction of sp³-hybridized carbons (Fsp3) is 0.500. The van der Waals surface area contributed by atoms with Crippen molar-refractivity contribution in [3.63, 3.8) is 0 Å². The zero-order valence-electron chi connectivity index (χ0n) is 9.43. The summed E-state index contributed by atoms with van der Waals surface area (Å²) in [6.45, 7) is 1.11. The Balaban J connectivity index is 2.13. The Hall–Kier alpha value is -0.870. The first kappa shape index (κ1) is 12.6. The molecule has 0 atom stereocenters. The van der Waals surface area contributed by atoms with Crippen molar-refractivity contribution in [3.05, 3.63) is 28.8 Å². The highest BCUT2D eigenvalue weighted by atomic mass is 35.5. The predicted molar refractivity (Wildman–Crippen MR) is 65.7 cm³/mol. The molecule has 1 aliphatic heterocycles. The largest absolute Gasteiger partial charge is 0.370 e. The first-order valence-electron chi connectivity index (χ1n) is 5.63. The maximum Gasteiger partial charge on any atom is 0.251 e. The number of hydrogen-bond acceptors (Lipinski definition) is 2. The van der Waals surface area contributed by atoms with Gasteiger partial charge in [-0.2, -0.15) is 0 Å². The van der Waals surface area contributed by atoms with Gasteiger partial charge in [0.1, 0.15) is 0 Å². The lowest BCUT2D eigenvalue weighted by Gasteiger charge is -2.34. The van der Waals surface area contributed by atoms with Crippen LogP contribution in [0.1, 0.15) is 18.4 Å². The van der Waals surface area contributed by atoms with Crippen LogP contribution >= 0.6 is 11.6 Å². The van der Waals surface area contributed by atoms with Gasteiger partial charge in [-0.1, -0.05) is 17.7 Å². The highest BCUT2D eigenvalue weighted by Gasteiger charge is 2.34. The molecule has 0 aromatic heterocycles. The van der Waals surface area contributed by atoms with Gasteiger partial charge in [-0.25, -0.2) is 8.78 Å². The third-order valence-electron chi connectivity index (χ3n) is 3.08. The van der Waals surface area contributed by atoms with E-state index < -0.39 is 5.92 Å². The molecule has 17 heavy (non-hydrogen) atoms. The molecule has 94 valence electrons. The van der Waals surface area contributed by atoms with E-state index in [1.807, 2.05) is 17.0 Å². The predicted octanol–water partition coefficient (Wildman–Crippen LogP) is 3.03. The molecule has 1 aromatic rings. The van der Waals surface area contributed by atoms with Crippen LogP contribution in [0.2, 0.25) is 5.02 Å². The van der Waals surface area contributed by atoms with Crippen molar-refractivity contribution >= 4 is 17.3 Å². The number of benzene rings is 1. The smallest absolute Gasteiger partial charge is 0.251 e. The van der Waals surface area contributed by atoms with Crippen LogP contribution in [-0.2, 0) is 6.54 Å². The van der Waals surface area contributed by atoms with E-state index in [-0.39, 0.29) is 12.8 Å². The van der Waals surface area contributed by atoms with Gasteiger partial charge in [0.05, 0.1) is 10.7 Å². The molecular weight excluding hydrogens is 246 g/mol. The third kappa shape index (κ3) is 2.87. The summed E-state index contributed by atoms with van der Waals surface area (Å²) < 4.78 is 26.1. The Labute approximate surface area is 104 Å². The number of rotatable bonds is 2. The van der Waals surface area contributed by atoms with E-state index in [1.54, 1.807) is 6.07 Å². The second-order valence-electron chi connectivity index (χ2n) is 4.33. The lowest BCUT2D eigenvalue weighted by Crippen LogP contribution is -2.39. The summed E-state index contributed by atoms with van der Waals surface area (Å²) in [5, 5.41) is 0.582. The van der Waals surface area contributed by atoms with Crippen molar-refractivity contribution in [2.75, 3.05) is 18.0 Å². The fourth-order valence-corrected chi connectivity index (χ4v) is 2.33. The van der Waals surface area contributed by atoms with Gasteiger partial charge in [-0.3, -0.25) is 0 Å². The summed E-state index contributed by atoms with van der Waals surface area (Å²) in [5.41, 5.74) is 7.28. The molecule has 0 bridgehead atoms. The zero-order valence-corrected chi connectivity index (χ0v) is 10.2. The lowest BCUT2D eigenvalue weighted by molar-refractivity contribution is -0.0220. The van der Waals surface area contributed by atoms with Crippen LogP contribution in [0.5, 0.6) is 0 Å². The minimum atomic E-state index is -2.53. The first-order chi connectivity index (χ1) is 8.02. The van der Waals surface area contributed by atoms with Gasteiger partial charge in [0.2, 0.25) is 0 Å². The molecule has 1 fully saturated rings. The molecular formula is C12H15ClF2N2. The molecule has 0 aliphatic carbocycles. The van der Waals surface area contributed by atoms with Crippen LogP contribution in [0.4, 0.5) is 14.5 Å². The number of nitrogens with two attached hydrogens (primary N) is 1. The maximum atomic E-state index is 13.0. The van der Waals surface area contributed by atoms with E-state index in [0.29, 0.717) is 24.7 Å². The van der Waals surface area contributed by atoms with E-state index in [9.17, 15) is 8.78 Å². The summed E-state index contributed by atoms with van der Waals surface area (Å²) in [6.07, 6.45) is -0.218. The van der Waals surface area contributed by atoms with Crippen LogP contribution in [0.15, 0.2) is 18.2 Å². The quantitative estimate of drug-likeness (QED) is 0.886. The summed E-state index contributed by atoms with van der Waals surface area (Å²) in [5.74, 6) is -2.53. The van der Waals surface area contributed by atoms with Crippen molar-refractivity contribution in [2.45, 2.75) is 25.3 Å². The van der Waals surface area contributed by atoms with Gasteiger partial charge in [0.15, 0.2) is 0 Å². The molecule has 1 aromatic carbocycles. The normalized spacial score (nSPS) is 19.4. The molecule has 0 spiro atoms. The minimum absolute atomic E-state index is 0.109. The average molecular weight is 261 g/mol. The molecule has 5 heteroatoms. The Kier molecular flexibility index (Phi) is 3.54. The van der Waals surface area contributed by atoms with E-state index >= 15 is 0 Å². The van der Waals surface area contributed by atoms with Crippen molar-refractivity contribution < 1.29 is 8.78 Å². The van der Waals surface area contributed by atoms with Gasteiger partial charge in [-0.05, 0) is 17.7 Å². The second kappa shape index (κ2) is 4.78. The first-order valence-corrected chi connectivity index (χ1v) is 6.01. The van der Waals surface area contributed by atoms with Crippen LogP contribution in [0.25, 0.3) is 0 Å². The molecule has 2 rings (SSSR count). The maximum absolute atomic E-state index is 13.0. The van der Waals surface area contributed by atoms with Crippen LogP contribution in [0.3, 0.4) is 0 Å². The van der Waals surface area contributed by atoms with Crippen molar-refractivity contribution in [3.8, 4) is 0 Å². The summed E-state index contributed by atoms with van der Waals surface area (Å²) in [6, 6.07) is 5.53. The second-order valence-corrected chi connectivity index (χ2v) is 4.74. The monoisotopic (exact) mass is 260 g/mol. The molecule has 0 amide bonds.